The van der Waals surface area contributed by atoms with Gasteiger partial charge in [-0.25, -0.2) is 0 Å². The van der Waals surface area contributed by atoms with E-state index in [1.165, 1.54) is 11.5 Å². The lowest BCUT2D eigenvalue weighted by Gasteiger charge is -2.34. The van der Waals surface area contributed by atoms with Gasteiger partial charge in [-0.1, -0.05) is 17.7 Å². The molecule has 0 atom stereocenters. The van der Waals surface area contributed by atoms with E-state index in [-0.39, 0.29) is 40.0 Å². The molecule has 0 saturated heterocycles. The Bertz CT molecular complexity index is 947. The predicted molar refractivity (Wildman–Crippen MR) is 82.3 cm³/mol. The highest BCUT2D eigenvalue weighted by atomic mass is 35.5. The summed E-state index contributed by atoms with van der Waals surface area (Å²) in [4.78, 5) is 12.2. The van der Waals surface area contributed by atoms with Crippen molar-refractivity contribution in [3.05, 3.63) is 44.2 Å². The van der Waals surface area contributed by atoms with Gasteiger partial charge in [0.2, 0.25) is 0 Å². The number of aryl methyl sites for hydroxylation is 3. The molecule has 0 amide bonds. The molecule has 2 heterocycles. The summed E-state index contributed by atoms with van der Waals surface area (Å²) in [5, 5.41) is 9.39. The van der Waals surface area contributed by atoms with Crippen molar-refractivity contribution in [2.24, 2.45) is 0 Å². The first kappa shape index (κ1) is 19.0. The summed E-state index contributed by atoms with van der Waals surface area (Å²) in [5.41, 5.74) is -6.47. The summed E-state index contributed by atoms with van der Waals surface area (Å²) in [7, 11) is 0. The van der Waals surface area contributed by atoms with E-state index in [4.69, 9.17) is 11.6 Å². The molecule has 0 radical (unpaired) electrons. The monoisotopic (exact) mass is 399 g/mol. The molecule has 0 bridgehead atoms. The second kappa shape index (κ2) is 5.63. The molecule has 2 aromatic rings. The molecule has 0 spiro atoms. The maximum atomic E-state index is 13.2. The van der Waals surface area contributed by atoms with Crippen LogP contribution in [0.3, 0.4) is 0 Å². The van der Waals surface area contributed by atoms with E-state index in [9.17, 15) is 36.2 Å². The van der Waals surface area contributed by atoms with Crippen molar-refractivity contribution < 1.29 is 31.4 Å². The maximum absolute atomic E-state index is 13.2. The van der Waals surface area contributed by atoms with Gasteiger partial charge in [-0.05, 0) is 37.0 Å². The Morgan fingerprint density at radius 3 is 2.23 bits per heavy atom. The minimum absolute atomic E-state index is 0.0197. The van der Waals surface area contributed by atoms with Gasteiger partial charge in [-0.3, -0.25) is 4.79 Å². The van der Waals surface area contributed by atoms with Crippen molar-refractivity contribution >= 4 is 22.5 Å². The van der Waals surface area contributed by atoms with Crippen molar-refractivity contribution in [3.63, 3.8) is 0 Å². The maximum Gasteiger partial charge on any atom is 0.430 e. The number of benzene rings is 1. The number of hydrogen-bond donors (Lipinski definition) is 1. The van der Waals surface area contributed by atoms with Crippen molar-refractivity contribution in [1.29, 1.82) is 0 Å². The Hall–Kier alpha value is -1.74. The lowest BCUT2D eigenvalue weighted by atomic mass is 9.87. The second-order valence-corrected chi connectivity index (χ2v) is 6.61. The molecule has 0 saturated carbocycles. The van der Waals surface area contributed by atoms with Gasteiger partial charge >= 0.3 is 12.4 Å². The van der Waals surface area contributed by atoms with Crippen LogP contribution in [0.1, 0.15) is 23.1 Å². The van der Waals surface area contributed by atoms with Gasteiger partial charge in [0, 0.05) is 17.5 Å². The summed E-state index contributed by atoms with van der Waals surface area (Å²) in [6.07, 6.45) is -11.4. The van der Waals surface area contributed by atoms with Crippen LogP contribution in [-0.2, 0) is 18.6 Å². The van der Waals surface area contributed by atoms with Gasteiger partial charge in [0.15, 0.2) is 0 Å². The molecule has 3 nitrogen and oxygen atoms in total. The SMILES string of the molecule is Cc1c(Cl)c(=O)n2c3c(cc(C(O)(C(F)(F)F)C(F)(F)F)cc13)CCC2. The normalized spacial score (nSPS) is 15.6. The van der Waals surface area contributed by atoms with Crippen LogP contribution >= 0.6 is 11.6 Å². The zero-order chi connectivity index (χ0) is 19.7. The van der Waals surface area contributed by atoms with Gasteiger partial charge in [0.25, 0.3) is 11.2 Å². The van der Waals surface area contributed by atoms with E-state index >= 15 is 0 Å². The fraction of sp³-hybridized carbons (Fsp3) is 0.438. The molecular formula is C16H12ClF6NO2. The quantitative estimate of drug-likeness (QED) is 0.730. The zero-order valence-electron chi connectivity index (χ0n) is 13.2. The molecule has 26 heavy (non-hydrogen) atoms. The Balaban J connectivity index is 2.46. The van der Waals surface area contributed by atoms with Crippen molar-refractivity contribution in [3.8, 4) is 0 Å². The van der Waals surface area contributed by atoms with Gasteiger partial charge in [-0.2, -0.15) is 26.3 Å². The van der Waals surface area contributed by atoms with E-state index in [1.54, 1.807) is 0 Å². The first-order valence-electron chi connectivity index (χ1n) is 7.52. The van der Waals surface area contributed by atoms with E-state index in [0.717, 1.165) is 0 Å². The van der Waals surface area contributed by atoms with Crippen molar-refractivity contribution in [1.82, 2.24) is 4.57 Å². The number of aliphatic hydroxyl groups is 1. The zero-order valence-corrected chi connectivity index (χ0v) is 14.0. The van der Waals surface area contributed by atoms with E-state index < -0.39 is 29.1 Å². The lowest BCUT2D eigenvalue weighted by Crippen LogP contribution is -2.54. The van der Waals surface area contributed by atoms with Crippen LogP contribution in [0.5, 0.6) is 0 Å². The topological polar surface area (TPSA) is 42.2 Å². The lowest BCUT2D eigenvalue weighted by molar-refractivity contribution is -0.376. The number of pyridine rings is 1. The third kappa shape index (κ3) is 2.44. The molecule has 0 unspecified atom stereocenters. The highest BCUT2D eigenvalue weighted by Crippen LogP contribution is 2.51. The van der Waals surface area contributed by atoms with Gasteiger partial charge in [0.05, 0.1) is 5.52 Å². The Morgan fingerprint density at radius 2 is 1.69 bits per heavy atom. The number of hydrogen-bond acceptors (Lipinski definition) is 2. The van der Waals surface area contributed by atoms with Crippen molar-refractivity contribution in [2.75, 3.05) is 0 Å². The van der Waals surface area contributed by atoms with Crippen LogP contribution in [0.15, 0.2) is 16.9 Å². The fourth-order valence-electron chi connectivity index (χ4n) is 3.33. The Morgan fingerprint density at radius 1 is 1.12 bits per heavy atom. The first-order valence-corrected chi connectivity index (χ1v) is 7.90. The third-order valence-electron chi connectivity index (χ3n) is 4.69. The van der Waals surface area contributed by atoms with Crippen LogP contribution in [-0.4, -0.2) is 22.0 Å². The van der Waals surface area contributed by atoms with Crippen LogP contribution in [0, 0.1) is 6.92 Å². The summed E-state index contributed by atoms with van der Waals surface area (Å²) >= 11 is 5.92. The first-order chi connectivity index (χ1) is 11.8. The molecule has 0 fully saturated rings. The second-order valence-electron chi connectivity index (χ2n) is 6.24. The standard InChI is InChI=1S/C16H12ClF6NO2/c1-7-10-6-9(14(26,15(18,19)20)16(21,22)23)5-8-3-2-4-24(12(8)10)13(25)11(7)17/h5-6,26H,2-4H2,1H3. The van der Waals surface area contributed by atoms with Crippen LogP contribution < -0.4 is 5.56 Å². The van der Waals surface area contributed by atoms with Crippen molar-refractivity contribution in [2.45, 2.75) is 44.3 Å². The average Bonchev–Trinajstić information content (AvgIpc) is 2.54. The minimum Gasteiger partial charge on any atom is -0.369 e. The van der Waals surface area contributed by atoms with Gasteiger partial charge in [0.1, 0.15) is 5.02 Å². The smallest absolute Gasteiger partial charge is 0.369 e. The minimum atomic E-state index is -5.98. The third-order valence-corrected chi connectivity index (χ3v) is 5.14. The van der Waals surface area contributed by atoms with Gasteiger partial charge in [-0.15, -0.1) is 0 Å². The molecule has 1 aliphatic rings. The number of alkyl halides is 6. The van der Waals surface area contributed by atoms with E-state index in [2.05, 4.69) is 0 Å². The van der Waals surface area contributed by atoms with Crippen LogP contribution in [0.25, 0.3) is 10.9 Å². The predicted octanol–water partition coefficient (Wildman–Crippen LogP) is 4.22. The summed E-state index contributed by atoms with van der Waals surface area (Å²) in [6, 6.07) is 1.29. The molecule has 3 rings (SSSR count). The van der Waals surface area contributed by atoms with Gasteiger partial charge < -0.3 is 9.67 Å². The number of rotatable bonds is 1. The highest BCUT2D eigenvalue weighted by molar-refractivity contribution is 6.32. The van der Waals surface area contributed by atoms with Crippen LogP contribution in [0.2, 0.25) is 5.02 Å². The Labute approximate surface area is 147 Å². The van der Waals surface area contributed by atoms with E-state index in [1.807, 2.05) is 0 Å². The largest absolute Gasteiger partial charge is 0.430 e. The molecule has 1 aromatic heterocycles. The summed E-state index contributed by atoms with van der Waals surface area (Å²) in [5.74, 6) is 0. The molecule has 0 aliphatic carbocycles. The molecule has 1 aliphatic heterocycles. The number of nitrogens with zero attached hydrogens (tertiary/aromatic N) is 1. The number of aromatic nitrogens is 1. The highest BCUT2D eigenvalue weighted by Gasteiger charge is 2.71. The fourth-order valence-corrected chi connectivity index (χ4v) is 3.53. The van der Waals surface area contributed by atoms with E-state index in [0.29, 0.717) is 18.6 Å². The summed E-state index contributed by atoms with van der Waals surface area (Å²) < 4.78 is 80.5. The molecule has 10 heteroatoms. The molecule has 1 aromatic carbocycles. The molecular weight excluding hydrogens is 388 g/mol. The molecule has 1 N–H and O–H groups in total. The summed E-state index contributed by atoms with van der Waals surface area (Å²) in [6.45, 7) is 1.59. The molecule has 142 valence electrons. The Kier molecular flexibility index (Phi) is 4.12. The number of halogens is 7. The average molecular weight is 400 g/mol. The van der Waals surface area contributed by atoms with Crippen LogP contribution in [0.4, 0.5) is 26.3 Å².